The summed E-state index contributed by atoms with van der Waals surface area (Å²) in [5.41, 5.74) is 0.769. The van der Waals surface area contributed by atoms with E-state index in [4.69, 9.17) is 23.2 Å². The van der Waals surface area contributed by atoms with Gasteiger partial charge in [0, 0.05) is 5.02 Å². The van der Waals surface area contributed by atoms with Crippen LogP contribution in [-0.4, -0.2) is 31.4 Å². The second kappa shape index (κ2) is 8.47. The van der Waals surface area contributed by atoms with Gasteiger partial charge in [0.05, 0.1) is 16.6 Å². The van der Waals surface area contributed by atoms with Crippen LogP contribution in [0.1, 0.15) is 28.4 Å². The van der Waals surface area contributed by atoms with Crippen molar-refractivity contribution < 1.29 is 9.18 Å². The predicted molar refractivity (Wildman–Crippen MR) is 96.2 cm³/mol. The van der Waals surface area contributed by atoms with Crippen molar-refractivity contribution in [2.75, 3.05) is 20.6 Å². The molecule has 3 nitrogen and oxygen atoms in total. The molecule has 2 aromatic rings. The SMILES string of the molecule is CN(C)CCC(NC(=O)c1c(F)cccc1Cl)c1ccc(Cl)cc1. The number of halogens is 3. The summed E-state index contributed by atoms with van der Waals surface area (Å²) in [7, 11) is 3.91. The molecule has 2 aromatic carbocycles. The largest absolute Gasteiger partial charge is 0.345 e. The molecule has 6 heteroatoms. The molecule has 1 N–H and O–H groups in total. The molecule has 1 amide bonds. The van der Waals surface area contributed by atoms with Crippen molar-refractivity contribution in [1.82, 2.24) is 10.2 Å². The summed E-state index contributed by atoms with van der Waals surface area (Å²) < 4.78 is 13.9. The van der Waals surface area contributed by atoms with Crippen molar-refractivity contribution in [2.24, 2.45) is 0 Å². The van der Waals surface area contributed by atoms with E-state index in [1.807, 2.05) is 31.1 Å². The van der Waals surface area contributed by atoms with Crippen molar-refractivity contribution in [3.8, 4) is 0 Å². The van der Waals surface area contributed by atoms with E-state index in [0.29, 0.717) is 11.4 Å². The highest BCUT2D eigenvalue weighted by Crippen LogP contribution is 2.23. The van der Waals surface area contributed by atoms with Crippen LogP contribution in [0.2, 0.25) is 10.0 Å². The van der Waals surface area contributed by atoms with Crippen molar-refractivity contribution in [1.29, 1.82) is 0 Å². The van der Waals surface area contributed by atoms with Crippen LogP contribution in [0.5, 0.6) is 0 Å². The number of amides is 1. The standard InChI is InChI=1S/C18H19Cl2FN2O/c1-23(2)11-10-16(12-6-8-13(19)9-7-12)22-18(24)17-14(20)4-3-5-15(17)21/h3-9,16H,10-11H2,1-2H3,(H,22,24). The van der Waals surface area contributed by atoms with Gasteiger partial charge < -0.3 is 10.2 Å². The fourth-order valence-corrected chi connectivity index (χ4v) is 2.72. The Morgan fingerprint density at radius 2 is 1.83 bits per heavy atom. The quantitative estimate of drug-likeness (QED) is 0.810. The summed E-state index contributed by atoms with van der Waals surface area (Å²) in [6, 6.07) is 11.2. The number of nitrogens with one attached hydrogen (secondary N) is 1. The Bertz CT molecular complexity index is 684. The average molecular weight is 369 g/mol. The molecule has 2 rings (SSSR count). The predicted octanol–water partition coefficient (Wildman–Crippen LogP) is 4.56. The van der Waals surface area contributed by atoms with E-state index in [1.54, 1.807) is 12.1 Å². The van der Waals surface area contributed by atoms with Crippen LogP contribution >= 0.6 is 23.2 Å². The Balaban J connectivity index is 2.24. The smallest absolute Gasteiger partial charge is 0.256 e. The number of hydrogen-bond acceptors (Lipinski definition) is 2. The lowest BCUT2D eigenvalue weighted by Gasteiger charge is -2.22. The normalized spacial score (nSPS) is 12.2. The molecule has 1 unspecified atom stereocenters. The fourth-order valence-electron chi connectivity index (χ4n) is 2.35. The Morgan fingerprint density at radius 3 is 2.42 bits per heavy atom. The molecule has 0 fully saturated rings. The van der Waals surface area contributed by atoms with E-state index in [-0.39, 0.29) is 16.6 Å². The highest BCUT2D eigenvalue weighted by atomic mass is 35.5. The zero-order valence-corrected chi connectivity index (χ0v) is 15.0. The number of carbonyl (C=O) groups is 1. The maximum atomic E-state index is 13.9. The average Bonchev–Trinajstić information content (AvgIpc) is 2.52. The summed E-state index contributed by atoms with van der Waals surface area (Å²) in [4.78, 5) is 14.5. The van der Waals surface area contributed by atoms with Crippen molar-refractivity contribution >= 4 is 29.1 Å². The van der Waals surface area contributed by atoms with Gasteiger partial charge in [0.25, 0.3) is 5.91 Å². The van der Waals surface area contributed by atoms with Gasteiger partial charge in [-0.2, -0.15) is 0 Å². The number of hydrogen-bond donors (Lipinski definition) is 1. The summed E-state index contributed by atoms with van der Waals surface area (Å²) in [6.07, 6.45) is 0.673. The maximum absolute atomic E-state index is 13.9. The monoisotopic (exact) mass is 368 g/mol. The lowest BCUT2D eigenvalue weighted by Crippen LogP contribution is -2.31. The third kappa shape index (κ3) is 4.94. The van der Waals surface area contributed by atoms with Gasteiger partial charge >= 0.3 is 0 Å². The van der Waals surface area contributed by atoms with Crippen molar-refractivity contribution in [3.63, 3.8) is 0 Å². The molecule has 0 aliphatic heterocycles. The summed E-state index contributed by atoms with van der Waals surface area (Å²) in [5, 5.41) is 3.58. The van der Waals surface area contributed by atoms with Gasteiger partial charge in [0.2, 0.25) is 0 Å². The van der Waals surface area contributed by atoms with Gasteiger partial charge in [0.1, 0.15) is 5.82 Å². The van der Waals surface area contributed by atoms with Crippen molar-refractivity contribution in [3.05, 3.63) is 69.5 Å². The molecule has 24 heavy (non-hydrogen) atoms. The molecular weight excluding hydrogens is 350 g/mol. The van der Waals surface area contributed by atoms with E-state index in [1.165, 1.54) is 18.2 Å². The lowest BCUT2D eigenvalue weighted by molar-refractivity contribution is 0.0929. The first-order valence-electron chi connectivity index (χ1n) is 7.53. The minimum absolute atomic E-state index is 0.0926. The van der Waals surface area contributed by atoms with Gasteiger partial charge in [-0.3, -0.25) is 4.79 Å². The molecule has 0 aromatic heterocycles. The number of nitrogens with zero attached hydrogens (tertiary/aromatic N) is 1. The van der Waals surface area contributed by atoms with E-state index in [9.17, 15) is 9.18 Å². The Morgan fingerprint density at radius 1 is 1.17 bits per heavy atom. The molecule has 0 radical (unpaired) electrons. The topological polar surface area (TPSA) is 32.3 Å². The Kier molecular flexibility index (Phi) is 6.60. The molecule has 0 aliphatic rings. The Hall–Kier alpha value is -1.62. The van der Waals surface area contributed by atoms with Gasteiger partial charge in [-0.05, 0) is 56.9 Å². The lowest BCUT2D eigenvalue weighted by atomic mass is 10.0. The first-order chi connectivity index (χ1) is 11.4. The molecule has 0 bridgehead atoms. The van der Waals surface area contributed by atoms with Gasteiger partial charge in [-0.15, -0.1) is 0 Å². The van der Waals surface area contributed by atoms with Crippen LogP contribution in [0, 0.1) is 5.82 Å². The maximum Gasteiger partial charge on any atom is 0.256 e. The van der Waals surface area contributed by atoms with Crippen LogP contribution in [0.25, 0.3) is 0 Å². The number of benzene rings is 2. The first kappa shape index (κ1) is 18.7. The third-order valence-electron chi connectivity index (χ3n) is 3.63. The van der Waals surface area contributed by atoms with Crippen LogP contribution in [-0.2, 0) is 0 Å². The summed E-state index contributed by atoms with van der Waals surface area (Å²) >= 11 is 11.9. The summed E-state index contributed by atoms with van der Waals surface area (Å²) in [6.45, 7) is 0.762. The highest BCUT2D eigenvalue weighted by Gasteiger charge is 2.20. The second-order valence-corrected chi connectivity index (χ2v) is 6.61. The van der Waals surface area contributed by atoms with Gasteiger partial charge in [0.15, 0.2) is 0 Å². The molecule has 0 heterocycles. The Labute approximate surface area is 151 Å². The van der Waals surface area contributed by atoms with E-state index in [2.05, 4.69) is 5.32 Å². The van der Waals surface area contributed by atoms with Gasteiger partial charge in [-0.25, -0.2) is 4.39 Å². The molecule has 0 aliphatic carbocycles. The minimum atomic E-state index is -0.637. The fraction of sp³-hybridized carbons (Fsp3) is 0.278. The zero-order valence-electron chi connectivity index (χ0n) is 13.5. The zero-order chi connectivity index (χ0) is 17.7. The van der Waals surface area contributed by atoms with Crippen LogP contribution < -0.4 is 5.32 Å². The summed E-state index contributed by atoms with van der Waals surface area (Å²) in [5.74, 6) is -1.17. The first-order valence-corrected chi connectivity index (χ1v) is 8.29. The molecule has 128 valence electrons. The van der Waals surface area contributed by atoms with Crippen LogP contribution in [0.15, 0.2) is 42.5 Å². The minimum Gasteiger partial charge on any atom is -0.345 e. The molecule has 1 atom stereocenters. The van der Waals surface area contributed by atoms with E-state index in [0.717, 1.165) is 12.1 Å². The van der Waals surface area contributed by atoms with E-state index < -0.39 is 11.7 Å². The third-order valence-corrected chi connectivity index (χ3v) is 4.20. The molecule has 0 saturated heterocycles. The van der Waals surface area contributed by atoms with Crippen LogP contribution in [0.3, 0.4) is 0 Å². The highest BCUT2D eigenvalue weighted by molar-refractivity contribution is 6.33. The van der Waals surface area contributed by atoms with Gasteiger partial charge in [-0.1, -0.05) is 41.4 Å². The molecular formula is C18H19Cl2FN2O. The molecule has 0 saturated carbocycles. The van der Waals surface area contributed by atoms with E-state index >= 15 is 0 Å². The second-order valence-electron chi connectivity index (χ2n) is 5.77. The number of rotatable bonds is 6. The number of carbonyl (C=O) groups excluding carboxylic acids is 1. The molecule has 0 spiro atoms. The van der Waals surface area contributed by atoms with Crippen LogP contribution in [0.4, 0.5) is 4.39 Å². The van der Waals surface area contributed by atoms with Crippen molar-refractivity contribution in [2.45, 2.75) is 12.5 Å².